The smallest absolute Gasteiger partial charge is 0.0407 e. The fraction of sp³-hybridized carbons (Fsp3) is 0.538. The molecular weight excluding hydrogens is 250 g/mol. The molecule has 2 rings (SSSR count). The molecule has 1 saturated carbocycles. The van der Waals surface area contributed by atoms with Gasteiger partial charge in [0.25, 0.3) is 0 Å². The molecule has 1 fully saturated rings. The Morgan fingerprint density at radius 1 is 1.40 bits per heavy atom. The summed E-state index contributed by atoms with van der Waals surface area (Å²) >= 11 is 3.57. The lowest BCUT2D eigenvalue weighted by molar-refractivity contribution is 0.401. The number of benzene rings is 1. The van der Waals surface area contributed by atoms with Gasteiger partial charge in [0.15, 0.2) is 0 Å². The van der Waals surface area contributed by atoms with Gasteiger partial charge in [-0.25, -0.2) is 0 Å². The van der Waals surface area contributed by atoms with E-state index in [1.165, 1.54) is 36.1 Å². The normalized spacial score (nSPS) is 16.2. The van der Waals surface area contributed by atoms with E-state index in [9.17, 15) is 0 Å². The van der Waals surface area contributed by atoms with E-state index in [0.717, 1.165) is 11.4 Å². The van der Waals surface area contributed by atoms with Crippen LogP contribution in [-0.4, -0.2) is 13.1 Å². The number of hydrogen-bond acceptors (Lipinski definition) is 1. The molecule has 0 spiro atoms. The van der Waals surface area contributed by atoms with Crippen LogP contribution < -0.4 is 4.90 Å². The second-order valence-corrected chi connectivity index (χ2v) is 5.02. The zero-order chi connectivity index (χ0) is 10.8. The summed E-state index contributed by atoms with van der Waals surface area (Å²) in [7, 11) is 2.22. The van der Waals surface area contributed by atoms with Gasteiger partial charge in [-0.1, -0.05) is 33.6 Å². The minimum Gasteiger partial charge on any atom is -0.371 e. The fourth-order valence-corrected chi connectivity index (χ4v) is 2.59. The van der Waals surface area contributed by atoms with Gasteiger partial charge >= 0.3 is 0 Å². The van der Waals surface area contributed by atoms with Crippen molar-refractivity contribution < 1.29 is 0 Å². The van der Waals surface area contributed by atoms with E-state index in [0.29, 0.717) is 0 Å². The molecule has 1 nitrogen and oxygen atoms in total. The maximum Gasteiger partial charge on any atom is 0.0407 e. The molecule has 0 atom stereocenters. The van der Waals surface area contributed by atoms with E-state index in [4.69, 9.17) is 0 Å². The second kappa shape index (κ2) is 4.56. The molecule has 0 radical (unpaired) electrons. The topological polar surface area (TPSA) is 3.24 Å². The van der Waals surface area contributed by atoms with Crippen LogP contribution in [0.15, 0.2) is 18.2 Å². The van der Waals surface area contributed by atoms with Gasteiger partial charge in [0.05, 0.1) is 0 Å². The van der Waals surface area contributed by atoms with Crippen LogP contribution in [0.25, 0.3) is 0 Å². The first-order chi connectivity index (χ1) is 7.22. The van der Waals surface area contributed by atoms with Crippen molar-refractivity contribution in [2.24, 2.45) is 0 Å². The molecule has 1 aromatic rings. The quantitative estimate of drug-likeness (QED) is 0.752. The lowest BCUT2D eigenvalue weighted by atomic mass is 9.91. The molecule has 0 aliphatic heterocycles. The minimum absolute atomic E-state index is 0.769. The van der Waals surface area contributed by atoms with Crippen LogP contribution in [0, 0.1) is 6.92 Å². The molecule has 1 aliphatic carbocycles. The molecule has 1 aliphatic rings. The van der Waals surface area contributed by atoms with E-state index in [2.05, 4.69) is 53.0 Å². The highest BCUT2D eigenvalue weighted by Gasteiger charge is 2.23. The Bertz CT molecular complexity index is 344. The summed E-state index contributed by atoms with van der Waals surface area (Å²) in [5.41, 5.74) is 4.14. The lowest BCUT2D eigenvalue weighted by Crippen LogP contribution is -2.37. The monoisotopic (exact) mass is 267 g/mol. The maximum absolute atomic E-state index is 3.57. The van der Waals surface area contributed by atoms with E-state index in [1.807, 2.05) is 0 Å². The summed E-state index contributed by atoms with van der Waals surface area (Å²) < 4.78 is 0. The minimum atomic E-state index is 0.769. The van der Waals surface area contributed by atoms with Gasteiger partial charge in [0.2, 0.25) is 0 Å². The first kappa shape index (κ1) is 11.0. The van der Waals surface area contributed by atoms with E-state index < -0.39 is 0 Å². The van der Waals surface area contributed by atoms with Crippen LogP contribution in [0.1, 0.15) is 30.4 Å². The predicted octanol–water partition coefficient (Wildman–Crippen LogP) is 3.88. The molecule has 82 valence electrons. The summed E-state index contributed by atoms with van der Waals surface area (Å²) in [6.45, 7) is 2.15. The average molecular weight is 268 g/mol. The number of alkyl halides is 1. The molecule has 0 heterocycles. The average Bonchev–Trinajstić information content (AvgIpc) is 2.14. The van der Waals surface area contributed by atoms with Gasteiger partial charge in [-0.3, -0.25) is 0 Å². The number of hydrogen-bond donors (Lipinski definition) is 0. The molecule has 15 heavy (non-hydrogen) atoms. The van der Waals surface area contributed by atoms with Crippen molar-refractivity contribution in [3.8, 4) is 0 Å². The molecule has 0 unspecified atom stereocenters. The zero-order valence-corrected chi connectivity index (χ0v) is 11.0. The molecule has 1 aromatic carbocycles. The van der Waals surface area contributed by atoms with Crippen LogP contribution in [0.2, 0.25) is 0 Å². The summed E-state index contributed by atoms with van der Waals surface area (Å²) in [4.78, 5) is 2.44. The molecule has 0 N–H and O–H groups in total. The molecule has 0 saturated heterocycles. The Hall–Kier alpha value is -0.500. The number of halogens is 1. The molecule has 0 bridgehead atoms. The number of rotatable bonds is 3. The van der Waals surface area contributed by atoms with Gasteiger partial charge in [0.1, 0.15) is 0 Å². The van der Waals surface area contributed by atoms with E-state index in [1.54, 1.807) is 0 Å². The first-order valence-corrected chi connectivity index (χ1v) is 6.73. The van der Waals surface area contributed by atoms with Gasteiger partial charge in [-0.2, -0.15) is 0 Å². The van der Waals surface area contributed by atoms with Gasteiger partial charge in [0, 0.05) is 24.1 Å². The standard InChI is InChI=1S/C13H18BrN/c1-10-6-7-13(11(8-10)9-14)15(2)12-4-3-5-12/h6-8,12H,3-5,9H2,1-2H3. The molecular formula is C13H18BrN. The maximum atomic E-state index is 3.57. The lowest BCUT2D eigenvalue weighted by Gasteiger charge is -2.37. The second-order valence-electron chi connectivity index (χ2n) is 4.46. The van der Waals surface area contributed by atoms with Crippen LogP contribution in [0.4, 0.5) is 5.69 Å². The van der Waals surface area contributed by atoms with Crippen LogP contribution in [0.5, 0.6) is 0 Å². The predicted molar refractivity (Wildman–Crippen MR) is 69.9 cm³/mol. The summed E-state index contributed by atoms with van der Waals surface area (Å²) in [6, 6.07) is 7.51. The molecule has 2 heteroatoms. The van der Waals surface area contributed by atoms with Crippen molar-refractivity contribution in [3.05, 3.63) is 29.3 Å². The number of aryl methyl sites for hydroxylation is 1. The van der Waals surface area contributed by atoms with Crippen molar-refractivity contribution in [1.29, 1.82) is 0 Å². The van der Waals surface area contributed by atoms with E-state index >= 15 is 0 Å². The highest BCUT2D eigenvalue weighted by molar-refractivity contribution is 9.08. The van der Waals surface area contributed by atoms with Crippen LogP contribution >= 0.6 is 15.9 Å². The van der Waals surface area contributed by atoms with Gasteiger partial charge in [-0.05, 0) is 37.8 Å². The van der Waals surface area contributed by atoms with Gasteiger partial charge < -0.3 is 4.90 Å². The van der Waals surface area contributed by atoms with Crippen molar-refractivity contribution in [2.45, 2.75) is 37.6 Å². The van der Waals surface area contributed by atoms with Crippen LogP contribution in [0.3, 0.4) is 0 Å². The third kappa shape index (κ3) is 2.20. The summed E-state index contributed by atoms with van der Waals surface area (Å²) in [6.07, 6.45) is 4.10. The third-order valence-electron chi connectivity index (χ3n) is 3.38. The van der Waals surface area contributed by atoms with Crippen molar-refractivity contribution in [3.63, 3.8) is 0 Å². The van der Waals surface area contributed by atoms with Crippen molar-refractivity contribution in [1.82, 2.24) is 0 Å². The molecule has 0 aromatic heterocycles. The molecule has 0 amide bonds. The number of anilines is 1. The zero-order valence-electron chi connectivity index (χ0n) is 9.46. The van der Waals surface area contributed by atoms with Crippen molar-refractivity contribution >= 4 is 21.6 Å². The Morgan fingerprint density at radius 2 is 2.13 bits per heavy atom. The summed E-state index contributed by atoms with van der Waals surface area (Å²) in [5, 5.41) is 0.946. The Morgan fingerprint density at radius 3 is 2.67 bits per heavy atom. The Kier molecular flexibility index (Phi) is 3.35. The van der Waals surface area contributed by atoms with E-state index in [-0.39, 0.29) is 0 Å². The number of nitrogens with zero attached hydrogens (tertiary/aromatic N) is 1. The highest BCUT2D eigenvalue weighted by Crippen LogP contribution is 2.31. The Labute approximate surface area is 101 Å². The largest absolute Gasteiger partial charge is 0.371 e. The first-order valence-electron chi connectivity index (χ1n) is 5.60. The van der Waals surface area contributed by atoms with Crippen LogP contribution in [-0.2, 0) is 5.33 Å². The highest BCUT2D eigenvalue weighted by atomic mass is 79.9. The Balaban J connectivity index is 2.25. The third-order valence-corrected chi connectivity index (χ3v) is 3.99. The SMILES string of the molecule is Cc1ccc(N(C)C2CCC2)c(CBr)c1. The fourth-order valence-electron chi connectivity index (χ4n) is 2.14. The summed E-state index contributed by atoms with van der Waals surface area (Å²) in [5.74, 6) is 0. The van der Waals surface area contributed by atoms with Crippen molar-refractivity contribution in [2.75, 3.05) is 11.9 Å². The van der Waals surface area contributed by atoms with Gasteiger partial charge in [-0.15, -0.1) is 0 Å².